The molecule has 0 saturated carbocycles. The number of hydrogen-bond acceptors (Lipinski definition) is 3. The molecule has 2 saturated heterocycles. The lowest BCUT2D eigenvalue weighted by atomic mass is 9.89. The Kier molecular flexibility index (Phi) is 4.96. The van der Waals surface area contributed by atoms with Gasteiger partial charge in [-0.15, -0.1) is 0 Å². The van der Waals surface area contributed by atoms with Crippen molar-refractivity contribution in [2.45, 2.75) is 38.2 Å². The summed E-state index contributed by atoms with van der Waals surface area (Å²) >= 11 is 0. The van der Waals surface area contributed by atoms with Crippen molar-refractivity contribution in [1.82, 2.24) is 4.90 Å². The van der Waals surface area contributed by atoms with Crippen LogP contribution in [-0.2, 0) is 16.0 Å². The molecule has 1 unspecified atom stereocenters. The molecule has 5 nitrogen and oxygen atoms in total. The molecule has 1 aromatic rings. The summed E-state index contributed by atoms with van der Waals surface area (Å²) in [5.41, 5.74) is 1.11. The topological polar surface area (TPSA) is 66.8 Å². The summed E-state index contributed by atoms with van der Waals surface area (Å²) in [6.07, 6.45) is 5.11. The third-order valence-corrected chi connectivity index (χ3v) is 4.94. The predicted molar refractivity (Wildman–Crippen MR) is 85.4 cm³/mol. The quantitative estimate of drug-likeness (QED) is 0.925. The van der Waals surface area contributed by atoms with Crippen molar-refractivity contribution in [3.05, 3.63) is 35.4 Å². The molecule has 1 amide bonds. The first-order valence-corrected chi connectivity index (χ1v) is 8.35. The number of benzene rings is 1. The lowest BCUT2D eigenvalue weighted by Crippen LogP contribution is -2.41. The van der Waals surface area contributed by atoms with Crippen LogP contribution in [0, 0.1) is 5.92 Å². The van der Waals surface area contributed by atoms with E-state index in [1.54, 1.807) is 24.3 Å². The fourth-order valence-electron chi connectivity index (χ4n) is 3.55. The van der Waals surface area contributed by atoms with E-state index >= 15 is 0 Å². The van der Waals surface area contributed by atoms with Gasteiger partial charge in [-0.05, 0) is 49.3 Å². The van der Waals surface area contributed by atoms with Gasteiger partial charge in [0.05, 0.1) is 18.1 Å². The van der Waals surface area contributed by atoms with Gasteiger partial charge < -0.3 is 14.7 Å². The molecule has 1 N–H and O–H groups in total. The molecule has 5 heteroatoms. The predicted octanol–water partition coefficient (Wildman–Crippen LogP) is 2.34. The second-order valence-corrected chi connectivity index (χ2v) is 6.45. The molecule has 1 aromatic carbocycles. The second-order valence-electron chi connectivity index (χ2n) is 6.45. The van der Waals surface area contributed by atoms with Crippen molar-refractivity contribution in [3.8, 4) is 0 Å². The number of rotatable bonds is 4. The highest BCUT2D eigenvalue weighted by Crippen LogP contribution is 2.29. The molecule has 23 heavy (non-hydrogen) atoms. The van der Waals surface area contributed by atoms with Crippen molar-refractivity contribution in [3.63, 3.8) is 0 Å². The van der Waals surface area contributed by atoms with Crippen LogP contribution < -0.4 is 0 Å². The molecule has 2 heterocycles. The standard InChI is InChI=1S/C18H23NO4/c20-17(12-13-3-5-15(6-4-13)18(21)22)19-9-7-14(8-10-19)16-2-1-11-23-16/h3-6,14,16H,1-2,7-12H2,(H,21,22). The molecule has 1 atom stereocenters. The number of piperidine rings is 1. The molecule has 2 aliphatic rings. The smallest absolute Gasteiger partial charge is 0.335 e. The van der Waals surface area contributed by atoms with Crippen LogP contribution in [0.25, 0.3) is 0 Å². The Morgan fingerprint density at radius 1 is 1.13 bits per heavy atom. The van der Waals surface area contributed by atoms with Crippen LogP contribution in [0.3, 0.4) is 0 Å². The number of nitrogens with zero attached hydrogens (tertiary/aromatic N) is 1. The number of carbonyl (C=O) groups is 2. The molecule has 0 aliphatic carbocycles. The highest BCUT2D eigenvalue weighted by Gasteiger charge is 2.30. The maximum absolute atomic E-state index is 12.4. The number of aromatic carboxylic acids is 1. The molecule has 2 aliphatic heterocycles. The van der Waals surface area contributed by atoms with Crippen molar-refractivity contribution < 1.29 is 19.4 Å². The van der Waals surface area contributed by atoms with Crippen LogP contribution in [0.2, 0.25) is 0 Å². The first kappa shape index (κ1) is 16.0. The summed E-state index contributed by atoms with van der Waals surface area (Å²) in [5.74, 6) is -0.227. The van der Waals surface area contributed by atoms with Crippen LogP contribution in [-0.4, -0.2) is 47.7 Å². The summed E-state index contributed by atoms with van der Waals surface area (Å²) in [5, 5.41) is 8.89. The van der Waals surface area contributed by atoms with Crippen LogP contribution in [0.4, 0.5) is 0 Å². The van der Waals surface area contributed by atoms with Gasteiger partial charge in [0, 0.05) is 19.7 Å². The molecule has 0 bridgehead atoms. The van der Waals surface area contributed by atoms with E-state index in [1.807, 2.05) is 4.90 Å². The van der Waals surface area contributed by atoms with Crippen molar-refractivity contribution in [2.24, 2.45) is 5.92 Å². The van der Waals surface area contributed by atoms with Gasteiger partial charge >= 0.3 is 5.97 Å². The summed E-state index contributed by atoms with van der Waals surface area (Å²) in [6.45, 7) is 2.49. The van der Waals surface area contributed by atoms with Crippen LogP contribution in [0.1, 0.15) is 41.6 Å². The number of carboxylic acid groups (broad SMARTS) is 1. The molecular weight excluding hydrogens is 294 g/mol. The van der Waals surface area contributed by atoms with E-state index in [4.69, 9.17) is 9.84 Å². The molecule has 0 spiro atoms. The Hall–Kier alpha value is -1.88. The van der Waals surface area contributed by atoms with E-state index in [-0.39, 0.29) is 11.5 Å². The maximum Gasteiger partial charge on any atom is 0.335 e. The molecule has 3 rings (SSSR count). The molecule has 2 fully saturated rings. The van der Waals surface area contributed by atoms with E-state index < -0.39 is 5.97 Å². The van der Waals surface area contributed by atoms with Crippen LogP contribution in [0.5, 0.6) is 0 Å². The third-order valence-electron chi connectivity index (χ3n) is 4.94. The van der Waals surface area contributed by atoms with Gasteiger partial charge in [0.15, 0.2) is 0 Å². The highest BCUT2D eigenvalue weighted by molar-refractivity contribution is 5.87. The number of carbonyl (C=O) groups excluding carboxylic acids is 1. The normalized spacial score (nSPS) is 22.3. The zero-order valence-electron chi connectivity index (χ0n) is 13.2. The van der Waals surface area contributed by atoms with Crippen molar-refractivity contribution in [2.75, 3.05) is 19.7 Å². The van der Waals surface area contributed by atoms with E-state index in [0.717, 1.165) is 50.9 Å². The van der Waals surface area contributed by atoms with Crippen LogP contribution in [0.15, 0.2) is 24.3 Å². The average Bonchev–Trinajstić information content (AvgIpc) is 3.10. The first-order chi connectivity index (χ1) is 11.1. The zero-order valence-corrected chi connectivity index (χ0v) is 13.2. The SMILES string of the molecule is O=C(O)c1ccc(CC(=O)N2CCC(C3CCCO3)CC2)cc1. The minimum absolute atomic E-state index is 0.124. The Morgan fingerprint density at radius 3 is 2.39 bits per heavy atom. The van der Waals surface area contributed by atoms with E-state index in [2.05, 4.69) is 0 Å². The largest absolute Gasteiger partial charge is 0.478 e. The lowest BCUT2D eigenvalue weighted by Gasteiger charge is -2.34. The maximum atomic E-state index is 12.4. The van der Waals surface area contributed by atoms with Crippen molar-refractivity contribution in [1.29, 1.82) is 0 Å². The van der Waals surface area contributed by atoms with Gasteiger partial charge in [-0.25, -0.2) is 4.79 Å². The van der Waals surface area contributed by atoms with Gasteiger partial charge in [-0.3, -0.25) is 4.79 Å². The van der Waals surface area contributed by atoms with E-state index in [9.17, 15) is 9.59 Å². The zero-order chi connectivity index (χ0) is 16.2. The fraction of sp³-hybridized carbons (Fsp3) is 0.556. The minimum Gasteiger partial charge on any atom is -0.478 e. The van der Waals surface area contributed by atoms with E-state index in [0.29, 0.717) is 18.4 Å². The molecular formula is C18H23NO4. The third kappa shape index (κ3) is 3.91. The summed E-state index contributed by atoms with van der Waals surface area (Å²) in [7, 11) is 0. The van der Waals surface area contributed by atoms with Gasteiger partial charge in [0.2, 0.25) is 5.91 Å². The Bertz CT molecular complexity index is 555. The average molecular weight is 317 g/mol. The number of likely N-dealkylation sites (tertiary alicyclic amines) is 1. The van der Waals surface area contributed by atoms with Crippen LogP contribution >= 0.6 is 0 Å². The summed E-state index contributed by atoms with van der Waals surface area (Å²) in [4.78, 5) is 25.2. The molecule has 0 radical (unpaired) electrons. The van der Waals surface area contributed by atoms with Gasteiger partial charge in [0.1, 0.15) is 0 Å². The first-order valence-electron chi connectivity index (χ1n) is 8.35. The lowest BCUT2D eigenvalue weighted by molar-refractivity contribution is -0.132. The monoisotopic (exact) mass is 317 g/mol. The Morgan fingerprint density at radius 2 is 1.83 bits per heavy atom. The highest BCUT2D eigenvalue weighted by atomic mass is 16.5. The van der Waals surface area contributed by atoms with Crippen molar-refractivity contribution >= 4 is 11.9 Å². The van der Waals surface area contributed by atoms with Gasteiger partial charge in [-0.1, -0.05) is 12.1 Å². The van der Waals surface area contributed by atoms with E-state index in [1.165, 1.54) is 0 Å². The fourth-order valence-corrected chi connectivity index (χ4v) is 3.55. The number of ether oxygens (including phenoxy) is 1. The summed E-state index contributed by atoms with van der Waals surface area (Å²) in [6, 6.07) is 6.55. The summed E-state index contributed by atoms with van der Waals surface area (Å²) < 4.78 is 5.76. The number of carboxylic acids is 1. The van der Waals surface area contributed by atoms with Gasteiger partial charge in [-0.2, -0.15) is 0 Å². The molecule has 124 valence electrons. The minimum atomic E-state index is -0.945. The number of amides is 1. The Labute approximate surface area is 136 Å². The molecule has 0 aromatic heterocycles. The van der Waals surface area contributed by atoms with Gasteiger partial charge in [0.25, 0.3) is 0 Å². The Balaban J connectivity index is 1.50. The second kappa shape index (κ2) is 7.13. The number of hydrogen-bond donors (Lipinski definition) is 1.